The van der Waals surface area contributed by atoms with E-state index in [1.54, 1.807) is 0 Å². The van der Waals surface area contributed by atoms with Crippen molar-refractivity contribution in [3.05, 3.63) is 12.2 Å². The van der Waals surface area contributed by atoms with E-state index in [0.717, 1.165) is 6.42 Å². The van der Waals surface area contributed by atoms with Gasteiger partial charge in [-0.3, -0.25) is 0 Å². The second-order valence-electron chi connectivity index (χ2n) is 5.28. The average Bonchev–Trinajstić information content (AvgIpc) is 1.95. The van der Waals surface area contributed by atoms with E-state index in [1.165, 1.54) is 6.04 Å². The van der Waals surface area contributed by atoms with Crippen molar-refractivity contribution in [1.82, 2.24) is 0 Å². The second kappa shape index (κ2) is 5.61. The molecule has 0 aliphatic rings. The summed E-state index contributed by atoms with van der Waals surface area (Å²) in [4.78, 5) is 0. The minimum absolute atomic E-state index is 0.169. The molecule has 0 spiro atoms. The highest BCUT2D eigenvalue weighted by atomic mass is 28.3. The van der Waals surface area contributed by atoms with Gasteiger partial charge in [0.15, 0.2) is 0 Å². The summed E-state index contributed by atoms with van der Waals surface area (Å²) in [5.41, 5.74) is 0. The molecule has 0 aromatic carbocycles. The molecule has 0 aliphatic heterocycles. The molecule has 0 bridgehead atoms. The molecule has 0 aromatic rings. The molecule has 0 fully saturated rings. The monoisotopic (exact) mass is 200 g/mol. The Morgan fingerprint density at radius 1 is 1.15 bits per heavy atom. The van der Waals surface area contributed by atoms with Crippen LogP contribution in [0.5, 0.6) is 0 Å². The first kappa shape index (κ1) is 12.9. The maximum absolute atomic E-state index is 9.52. The highest BCUT2D eigenvalue weighted by molar-refractivity contribution is 6.76. The molecule has 0 aromatic heterocycles. The van der Waals surface area contributed by atoms with Crippen LogP contribution in [0.4, 0.5) is 0 Å². The number of aliphatic hydroxyl groups excluding tert-OH is 1. The molecule has 0 saturated carbocycles. The van der Waals surface area contributed by atoms with Gasteiger partial charge in [-0.05, 0) is 18.4 Å². The molecule has 0 amide bonds. The van der Waals surface area contributed by atoms with Gasteiger partial charge in [0.2, 0.25) is 0 Å². The number of hydrogen-bond donors (Lipinski definition) is 1. The summed E-state index contributed by atoms with van der Waals surface area (Å²) in [6, 6.07) is 1.22. The van der Waals surface area contributed by atoms with Crippen LogP contribution in [0.2, 0.25) is 25.7 Å². The molecule has 13 heavy (non-hydrogen) atoms. The Balaban J connectivity index is 3.64. The third-order valence-electron chi connectivity index (χ3n) is 2.04. The van der Waals surface area contributed by atoms with E-state index < -0.39 is 8.07 Å². The van der Waals surface area contributed by atoms with Gasteiger partial charge < -0.3 is 5.11 Å². The summed E-state index contributed by atoms with van der Waals surface area (Å²) in [6.07, 6.45) is 5.00. The smallest absolute Gasteiger partial charge is 0.0597 e. The molecule has 0 rings (SSSR count). The lowest BCUT2D eigenvalue weighted by atomic mass is 10.0. The van der Waals surface area contributed by atoms with E-state index >= 15 is 0 Å². The van der Waals surface area contributed by atoms with E-state index in [1.807, 2.05) is 0 Å². The van der Waals surface area contributed by atoms with Crippen molar-refractivity contribution in [2.45, 2.75) is 52.1 Å². The fourth-order valence-corrected chi connectivity index (χ4v) is 1.82. The SMILES string of the molecule is CC(C)[C@@H](O)C/C=C/C[Si](C)(C)C. The fourth-order valence-electron chi connectivity index (χ4n) is 0.945. The topological polar surface area (TPSA) is 20.2 Å². The molecule has 1 nitrogen and oxygen atoms in total. The normalized spacial score (nSPS) is 15.6. The zero-order chi connectivity index (χ0) is 10.5. The van der Waals surface area contributed by atoms with Crippen molar-refractivity contribution in [2.75, 3.05) is 0 Å². The van der Waals surface area contributed by atoms with Crippen LogP contribution in [0, 0.1) is 5.92 Å². The molecule has 0 aliphatic carbocycles. The predicted octanol–water partition coefficient (Wildman–Crippen LogP) is 3.29. The molecule has 1 atom stereocenters. The van der Waals surface area contributed by atoms with E-state index in [-0.39, 0.29) is 6.10 Å². The number of aliphatic hydroxyl groups is 1. The van der Waals surface area contributed by atoms with Gasteiger partial charge >= 0.3 is 0 Å². The van der Waals surface area contributed by atoms with E-state index in [9.17, 15) is 5.11 Å². The average molecular weight is 200 g/mol. The van der Waals surface area contributed by atoms with Gasteiger partial charge in [0.25, 0.3) is 0 Å². The van der Waals surface area contributed by atoms with Crippen LogP contribution in [-0.4, -0.2) is 19.3 Å². The van der Waals surface area contributed by atoms with Gasteiger partial charge in [0.05, 0.1) is 6.10 Å². The van der Waals surface area contributed by atoms with Crippen LogP contribution in [0.25, 0.3) is 0 Å². The van der Waals surface area contributed by atoms with Crippen molar-refractivity contribution >= 4 is 8.07 Å². The lowest BCUT2D eigenvalue weighted by Gasteiger charge is -2.13. The fraction of sp³-hybridized carbons (Fsp3) is 0.818. The standard InChI is InChI=1S/C11H24OSi/c1-10(2)11(12)8-6-7-9-13(3,4)5/h6-7,10-12H,8-9H2,1-5H3/b7-6+/t11-/m0/s1. The Morgan fingerprint density at radius 3 is 2.08 bits per heavy atom. The quantitative estimate of drug-likeness (QED) is 0.533. The van der Waals surface area contributed by atoms with Crippen LogP contribution >= 0.6 is 0 Å². The Bertz CT molecular complexity index is 156. The summed E-state index contributed by atoms with van der Waals surface area (Å²) in [5.74, 6) is 0.372. The minimum Gasteiger partial charge on any atom is -0.393 e. The molecular formula is C11H24OSi. The number of allylic oxidation sites excluding steroid dienone is 1. The Morgan fingerprint density at radius 2 is 1.69 bits per heavy atom. The zero-order valence-electron chi connectivity index (χ0n) is 9.67. The van der Waals surface area contributed by atoms with Crippen molar-refractivity contribution in [3.63, 3.8) is 0 Å². The van der Waals surface area contributed by atoms with Crippen molar-refractivity contribution in [2.24, 2.45) is 5.92 Å². The van der Waals surface area contributed by atoms with Crippen LogP contribution < -0.4 is 0 Å². The van der Waals surface area contributed by atoms with Gasteiger partial charge in [0.1, 0.15) is 0 Å². The van der Waals surface area contributed by atoms with Gasteiger partial charge in [-0.2, -0.15) is 0 Å². The zero-order valence-corrected chi connectivity index (χ0v) is 10.7. The highest BCUT2D eigenvalue weighted by Gasteiger charge is 2.10. The van der Waals surface area contributed by atoms with Gasteiger partial charge in [-0.15, -0.1) is 0 Å². The highest BCUT2D eigenvalue weighted by Crippen LogP contribution is 2.10. The Labute approximate surface area is 83.9 Å². The van der Waals surface area contributed by atoms with Crippen LogP contribution in [-0.2, 0) is 0 Å². The first-order chi connectivity index (χ1) is 5.83. The first-order valence-corrected chi connectivity index (χ1v) is 8.86. The summed E-state index contributed by atoms with van der Waals surface area (Å²) in [5, 5.41) is 9.52. The van der Waals surface area contributed by atoms with Gasteiger partial charge in [0, 0.05) is 8.07 Å². The molecule has 0 heterocycles. The number of rotatable bonds is 5. The van der Waals surface area contributed by atoms with Crippen molar-refractivity contribution in [1.29, 1.82) is 0 Å². The summed E-state index contributed by atoms with van der Waals surface area (Å²) in [7, 11) is -0.925. The molecule has 0 saturated heterocycles. The second-order valence-corrected chi connectivity index (χ2v) is 10.8. The maximum Gasteiger partial charge on any atom is 0.0597 e. The molecule has 2 heteroatoms. The summed E-state index contributed by atoms with van der Waals surface area (Å²) >= 11 is 0. The molecule has 78 valence electrons. The first-order valence-electron chi connectivity index (χ1n) is 5.16. The van der Waals surface area contributed by atoms with E-state index in [0.29, 0.717) is 5.92 Å². The van der Waals surface area contributed by atoms with Gasteiger partial charge in [-0.25, -0.2) is 0 Å². The maximum atomic E-state index is 9.52. The van der Waals surface area contributed by atoms with Crippen LogP contribution in [0.3, 0.4) is 0 Å². The minimum atomic E-state index is -0.925. The van der Waals surface area contributed by atoms with E-state index in [4.69, 9.17) is 0 Å². The van der Waals surface area contributed by atoms with E-state index in [2.05, 4.69) is 45.6 Å². The van der Waals surface area contributed by atoms with Crippen molar-refractivity contribution in [3.8, 4) is 0 Å². The van der Waals surface area contributed by atoms with Gasteiger partial charge in [-0.1, -0.05) is 45.6 Å². The summed E-state index contributed by atoms with van der Waals surface area (Å²) < 4.78 is 0. The molecule has 0 radical (unpaired) electrons. The lowest BCUT2D eigenvalue weighted by Crippen LogP contribution is -2.17. The third kappa shape index (κ3) is 8.25. The number of hydrogen-bond acceptors (Lipinski definition) is 1. The molecule has 0 unspecified atom stereocenters. The lowest BCUT2D eigenvalue weighted by molar-refractivity contribution is 0.128. The van der Waals surface area contributed by atoms with Crippen LogP contribution in [0.15, 0.2) is 12.2 Å². The third-order valence-corrected chi connectivity index (χ3v) is 3.50. The summed E-state index contributed by atoms with van der Waals surface area (Å²) in [6.45, 7) is 11.2. The predicted molar refractivity (Wildman–Crippen MR) is 62.8 cm³/mol. The molecular weight excluding hydrogens is 176 g/mol. The Hall–Kier alpha value is -0.0831. The van der Waals surface area contributed by atoms with Crippen molar-refractivity contribution < 1.29 is 5.11 Å². The largest absolute Gasteiger partial charge is 0.393 e. The Kier molecular flexibility index (Phi) is 5.57. The molecule has 1 N–H and O–H groups in total. The van der Waals surface area contributed by atoms with Crippen LogP contribution in [0.1, 0.15) is 20.3 Å².